The number of likely N-dealkylation sites (tertiary alicyclic amines) is 1. The summed E-state index contributed by atoms with van der Waals surface area (Å²) >= 11 is 0. The maximum atomic E-state index is 11.9. The Kier molecular flexibility index (Phi) is 5.17. The smallest absolute Gasteiger partial charge is 0.410 e. The van der Waals surface area contributed by atoms with E-state index in [1.165, 1.54) is 0 Å². The standard InChI is InChI=1S/C12H21NO3.CH4/c1-8(2)10-6-9(14)7-13(10)11(15)16-12(3,4)5;/h8,10H,6-7H2,1-5H3;1H4. The molecule has 1 aliphatic rings. The first-order valence-corrected chi connectivity index (χ1v) is 5.72. The Hall–Kier alpha value is -1.06. The fourth-order valence-corrected chi connectivity index (χ4v) is 1.83. The second-order valence-corrected chi connectivity index (χ2v) is 5.66. The van der Waals surface area contributed by atoms with Gasteiger partial charge in [0, 0.05) is 12.5 Å². The first-order valence-electron chi connectivity index (χ1n) is 5.72. The van der Waals surface area contributed by atoms with Crippen molar-refractivity contribution in [1.29, 1.82) is 0 Å². The monoisotopic (exact) mass is 243 g/mol. The lowest BCUT2D eigenvalue weighted by molar-refractivity contribution is -0.117. The predicted octanol–water partition coefficient (Wildman–Crippen LogP) is 2.86. The first kappa shape index (κ1) is 15.9. The van der Waals surface area contributed by atoms with E-state index in [2.05, 4.69) is 0 Å². The molecule has 0 radical (unpaired) electrons. The van der Waals surface area contributed by atoms with Crippen molar-refractivity contribution < 1.29 is 14.3 Å². The highest BCUT2D eigenvalue weighted by Gasteiger charge is 2.37. The summed E-state index contributed by atoms with van der Waals surface area (Å²) < 4.78 is 5.29. The van der Waals surface area contributed by atoms with Crippen LogP contribution in [0, 0.1) is 5.92 Å². The molecule has 0 bridgehead atoms. The van der Waals surface area contributed by atoms with E-state index in [-0.39, 0.29) is 37.8 Å². The van der Waals surface area contributed by atoms with Crippen LogP contribution < -0.4 is 0 Å². The lowest BCUT2D eigenvalue weighted by Crippen LogP contribution is -2.42. The van der Waals surface area contributed by atoms with Crippen molar-refractivity contribution in [3.63, 3.8) is 0 Å². The summed E-state index contributed by atoms with van der Waals surface area (Å²) in [5.74, 6) is 0.392. The maximum Gasteiger partial charge on any atom is 0.410 e. The summed E-state index contributed by atoms with van der Waals surface area (Å²) in [4.78, 5) is 24.8. The molecular weight excluding hydrogens is 218 g/mol. The van der Waals surface area contributed by atoms with E-state index in [1.54, 1.807) is 4.90 Å². The van der Waals surface area contributed by atoms with Crippen LogP contribution in [0.5, 0.6) is 0 Å². The molecule has 17 heavy (non-hydrogen) atoms. The van der Waals surface area contributed by atoms with Crippen LogP contribution in [0.1, 0.15) is 48.5 Å². The van der Waals surface area contributed by atoms with Crippen molar-refractivity contribution in [3.8, 4) is 0 Å². The number of hydrogen-bond acceptors (Lipinski definition) is 3. The Morgan fingerprint density at radius 3 is 2.35 bits per heavy atom. The number of Topliss-reactive ketones (excluding diaryl/α,β-unsaturated/α-hetero) is 1. The van der Waals surface area contributed by atoms with E-state index in [0.29, 0.717) is 6.42 Å². The second-order valence-electron chi connectivity index (χ2n) is 5.66. The quantitative estimate of drug-likeness (QED) is 0.711. The normalized spacial score (nSPS) is 20.5. The lowest BCUT2D eigenvalue weighted by Gasteiger charge is -2.29. The molecule has 0 aliphatic carbocycles. The van der Waals surface area contributed by atoms with Crippen LogP contribution in [0.15, 0.2) is 0 Å². The molecule has 0 spiro atoms. The highest BCUT2D eigenvalue weighted by Crippen LogP contribution is 2.23. The molecule has 1 unspecified atom stereocenters. The molecule has 100 valence electrons. The van der Waals surface area contributed by atoms with E-state index in [4.69, 9.17) is 4.74 Å². The van der Waals surface area contributed by atoms with Gasteiger partial charge in [-0.25, -0.2) is 4.79 Å². The summed E-state index contributed by atoms with van der Waals surface area (Å²) in [6.45, 7) is 9.70. The minimum atomic E-state index is -0.510. The number of carbonyl (C=O) groups excluding carboxylic acids is 2. The minimum Gasteiger partial charge on any atom is -0.444 e. The van der Waals surface area contributed by atoms with Gasteiger partial charge in [-0.05, 0) is 26.7 Å². The molecule has 0 aromatic rings. The molecule has 1 heterocycles. The van der Waals surface area contributed by atoms with Gasteiger partial charge in [0.15, 0.2) is 5.78 Å². The Morgan fingerprint density at radius 1 is 1.41 bits per heavy atom. The van der Waals surface area contributed by atoms with Gasteiger partial charge in [-0.15, -0.1) is 0 Å². The van der Waals surface area contributed by atoms with Crippen LogP contribution in [0.2, 0.25) is 0 Å². The molecular formula is C13H25NO3. The average Bonchev–Trinajstić information content (AvgIpc) is 2.44. The van der Waals surface area contributed by atoms with Crippen LogP contribution in [0.25, 0.3) is 0 Å². The highest BCUT2D eigenvalue weighted by atomic mass is 16.6. The molecule has 0 aromatic heterocycles. The zero-order chi connectivity index (χ0) is 12.5. The Bertz CT molecular complexity index is 292. The zero-order valence-electron chi connectivity index (χ0n) is 10.7. The van der Waals surface area contributed by atoms with Crippen molar-refractivity contribution in [3.05, 3.63) is 0 Å². The molecule has 1 atom stereocenters. The van der Waals surface area contributed by atoms with Gasteiger partial charge in [0.05, 0.1) is 6.54 Å². The van der Waals surface area contributed by atoms with Crippen molar-refractivity contribution >= 4 is 11.9 Å². The number of ketones is 1. The first-order chi connectivity index (χ1) is 7.20. The maximum absolute atomic E-state index is 11.9. The summed E-state index contributed by atoms with van der Waals surface area (Å²) in [5, 5.41) is 0. The number of ether oxygens (including phenoxy) is 1. The summed E-state index contributed by atoms with van der Waals surface area (Å²) in [5.41, 5.74) is -0.510. The zero-order valence-corrected chi connectivity index (χ0v) is 10.7. The van der Waals surface area contributed by atoms with E-state index >= 15 is 0 Å². The number of hydrogen-bond donors (Lipinski definition) is 0. The van der Waals surface area contributed by atoms with Gasteiger partial charge in [0.2, 0.25) is 0 Å². The van der Waals surface area contributed by atoms with Crippen LogP contribution in [0.3, 0.4) is 0 Å². The molecule has 1 rings (SSSR count). The Labute approximate surface area is 104 Å². The van der Waals surface area contributed by atoms with E-state index in [1.807, 2.05) is 34.6 Å². The van der Waals surface area contributed by atoms with Crippen molar-refractivity contribution in [2.75, 3.05) is 6.54 Å². The topological polar surface area (TPSA) is 46.6 Å². The molecule has 0 N–H and O–H groups in total. The third-order valence-corrected chi connectivity index (χ3v) is 2.58. The van der Waals surface area contributed by atoms with Crippen molar-refractivity contribution in [1.82, 2.24) is 4.90 Å². The molecule has 4 heteroatoms. The van der Waals surface area contributed by atoms with Gasteiger partial charge < -0.3 is 4.74 Å². The van der Waals surface area contributed by atoms with Gasteiger partial charge in [-0.3, -0.25) is 9.69 Å². The van der Waals surface area contributed by atoms with E-state index in [0.717, 1.165) is 0 Å². The Balaban J connectivity index is 0.00000256. The SMILES string of the molecule is C.CC(C)C1CC(=O)CN1C(=O)OC(C)(C)C. The van der Waals surface area contributed by atoms with E-state index < -0.39 is 5.60 Å². The largest absolute Gasteiger partial charge is 0.444 e. The van der Waals surface area contributed by atoms with Gasteiger partial charge in [0.25, 0.3) is 0 Å². The van der Waals surface area contributed by atoms with Gasteiger partial charge in [-0.1, -0.05) is 21.3 Å². The molecule has 1 aliphatic heterocycles. The number of rotatable bonds is 1. The van der Waals surface area contributed by atoms with Gasteiger partial charge in [-0.2, -0.15) is 0 Å². The number of nitrogens with zero attached hydrogens (tertiary/aromatic N) is 1. The minimum absolute atomic E-state index is 0. The van der Waals surface area contributed by atoms with Crippen LogP contribution >= 0.6 is 0 Å². The summed E-state index contributed by atoms with van der Waals surface area (Å²) in [6, 6.07) is -0.0117. The van der Waals surface area contributed by atoms with Crippen molar-refractivity contribution in [2.24, 2.45) is 5.92 Å². The predicted molar refractivity (Wildman–Crippen MR) is 67.9 cm³/mol. The van der Waals surface area contributed by atoms with Crippen LogP contribution in [0.4, 0.5) is 4.79 Å². The van der Waals surface area contributed by atoms with Gasteiger partial charge >= 0.3 is 6.09 Å². The van der Waals surface area contributed by atoms with Gasteiger partial charge in [0.1, 0.15) is 5.60 Å². The number of carbonyl (C=O) groups is 2. The van der Waals surface area contributed by atoms with Crippen molar-refractivity contribution in [2.45, 2.75) is 60.1 Å². The molecule has 1 fully saturated rings. The fraction of sp³-hybridized carbons (Fsp3) is 0.846. The average molecular weight is 243 g/mol. The highest BCUT2D eigenvalue weighted by molar-refractivity contribution is 5.88. The van der Waals surface area contributed by atoms with Crippen LogP contribution in [-0.2, 0) is 9.53 Å². The molecule has 1 amide bonds. The lowest BCUT2D eigenvalue weighted by atomic mass is 10.0. The van der Waals surface area contributed by atoms with E-state index in [9.17, 15) is 9.59 Å². The van der Waals surface area contributed by atoms with Crippen LogP contribution in [-0.4, -0.2) is 35.0 Å². The second kappa shape index (κ2) is 5.52. The molecule has 0 aromatic carbocycles. The third-order valence-electron chi connectivity index (χ3n) is 2.58. The Morgan fingerprint density at radius 2 is 1.94 bits per heavy atom. The fourth-order valence-electron chi connectivity index (χ4n) is 1.83. The third kappa shape index (κ3) is 4.36. The molecule has 0 saturated carbocycles. The molecule has 1 saturated heterocycles. The summed E-state index contributed by atoms with van der Waals surface area (Å²) in [6.07, 6.45) is 0.0775. The number of amides is 1. The summed E-state index contributed by atoms with van der Waals surface area (Å²) in [7, 11) is 0. The molecule has 4 nitrogen and oxygen atoms in total.